The quantitative estimate of drug-likeness (QED) is 0.632. The molecule has 128 valence electrons. The average Bonchev–Trinajstić information content (AvgIpc) is 3.31. The van der Waals surface area contributed by atoms with Gasteiger partial charge in [-0.15, -0.1) is 0 Å². The Morgan fingerprint density at radius 3 is 2.84 bits per heavy atom. The Morgan fingerprint density at radius 2 is 2.00 bits per heavy atom. The lowest BCUT2D eigenvalue weighted by Crippen LogP contribution is -2.22. The van der Waals surface area contributed by atoms with Crippen LogP contribution in [0.2, 0.25) is 0 Å². The number of ether oxygens (including phenoxy) is 2. The van der Waals surface area contributed by atoms with Crippen LogP contribution in [0.5, 0.6) is 5.75 Å². The molecule has 2 aromatic carbocycles. The van der Waals surface area contributed by atoms with Gasteiger partial charge < -0.3 is 18.9 Å². The minimum absolute atomic E-state index is 0.0872. The Balaban J connectivity index is 1.64. The minimum Gasteiger partial charge on any atom is -0.497 e. The maximum atomic E-state index is 6.02. The maximum absolute atomic E-state index is 6.02. The van der Waals surface area contributed by atoms with Crippen molar-refractivity contribution in [2.24, 2.45) is 0 Å². The molecule has 0 bridgehead atoms. The molecule has 1 aliphatic rings. The second-order valence-electron chi connectivity index (χ2n) is 5.92. The molecule has 5 heteroatoms. The molecule has 4 rings (SSSR count). The van der Waals surface area contributed by atoms with E-state index in [1.54, 1.807) is 7.11 Å². The summed E-state index contributed by atoms with van der Waals surface area (Å²) in [7, 11) is 1.69. The molecule has 0 unspecified atom stereocenters. The third-order valence-electron chi connectivity index (χ3n) is 4.41. The zero-order valence-electron chi connectivity index (χ0n) is 13.9. The van der Waals surface area contributed by atoms with Gasteiger partial charge in [-0.25, -0.2) is 0 Å². The van der Waals surface area contributed by atoms with E-state index in [0.29, 0.717) is 6.61 Å². The monoisotopic (exact) mass is 398 g/mol. The second kappa shape index (κ2) is 6.94. The lowest BCUT2D eigenvalue weighted by Gasteiger charge is -2.25. The Hall–Kier alpha value is -2.24. The number of nitrogens with zero attached hydrogens (tertiary/aromatic N) is 2. The molecule has 4 nitrogen and oxygen atoms in total. The molecular formula is C20H19BrN2O2. The highest BCUT2D eigenvalue weighted by molar-refractivity contribution is 9.10. The van der Waals surface area contributed by atoms with Crippen molar-refractivity contribution in [1.82, 2.24) is 4.57 Å². The van der Waals surface area contributed by atoms with Crippen LogP contribution in [0.25, 0.3) is 5.69 Å². The summed E-state index contributed by atoms with van der Waals surface area (Å²) in [6.07, 6.45) is 4.11. The van der Waals surface area contributed by atoms with Crippen LogP contribution in [0, 0.1) is 0 Å². The standard InChI is InChI=1S/C20H19BrN2O2/c1-24-17-6-4-5-16(13-17)23-11-12-25-20(23)15-9-10-22(14-15)19-8-3-2-7-18(19)21/h2-10,13-14,20H,11-12H2,1H3/t20-/m1/s1. The summed E-state index contributed by atoms with van der Waals surface area (Å²) in [5, 5.41) is 0. The van der Waals surface area contributed by atoms with Crippen molar-refractivity contribution in [2.45, 2.75) is 6.23 Å². The lowest BCUT2D eigenvalue weighted by atomic mass is 10.2. The summed E-state index contributed by atoms with van der Waals surface area (Å²) in [5.74, 6) is 0.855. The summed E-state index contributed by atoms with van der Waals surface area (Å²) in [6, 6.07) is 18.4. The number of aromatic nitrogens is 1. The van der Waals surface area contributed by atoms with Gasteiger partial charge in [0.1, 0.15) is 5.75 Å². The summed E-state index contributed by atoms with van der Waals surface area (Å²) < 4.78 is 14.6. The summed E-state index contributed by atoms with van der Waals surface area (Å²) in [5.41, 5.74) is 3.35. The van der Waals surface area contributed by atoms with Gasteiger partial charge in [-0.3, -0.25) is 0 Å². The minimum atomic E-state index is -0.0872. The van der Waals surface area contributed by atoms with Gasteiger partial charge >= 0.3 is 0 Å². The molecule has 0 amide bonds. The van der Waals surface area contributed by atoms with Crippen LogP contribution in [0.4, 0.5) is 5.69 Å². The first-order valence-electron chi connectivity index (χ1n) is 8.21. The molecule has 1 saturated heterocycles. The zero-order chi connectivity index (χ0) is 17.2. The molecule has 1 aliphatic heterocycles. The molecule has 2 heterocycles. The Kier molecular flexibility index (Phi) is 4.51. The highest BCUT2D eigenvalue weighted by atomic mass is 79.9. The van der Waals surface area contributed by atoms with Crippen LogP contribution in [0.15, 0.2) is 71.5 Å². The smallest absolute Gasteiger partial charge is 0.158 e. The fourth-order valence-electron chi connectivity index (χ4n) is 3.17. The van der Waals surface area contributed by atoms with E-state index in [4.69, 9.17) is 9.47 Å². The van der Waals surface area contributed by atoms with Crippen LogP contribution in [-0.4, -0.2) is 24.8 Å². The predicted molar refractivity (Wildman–Crippen MR) is 103 cm³/mol. The molecule has 0 radical (unpaired) electrons. The van der Waals surface area contributed by atoms with E-state index in [1.165, 1.54) is 0 Å². The Morgan fingerprint density at radius 1 is 1.12 bits per heavy atom. The number of anilines is 1. The van der Waals surface area contributed by atoms with Gasteiger partial charge in [-0.05, 0) is 46.3 Å². The maximum Gasteiger partial charge on any atom is 0.158 e. The fourth-order valence-corrected chi connectivity index (χ4v) is 3.66. The number of hydrogen-bond donors (Lipinski definition) is 0. The van der Waals surface area contributed by atoms with Crippen LogP contribution in [0.3, 0.4) is 0 Å². The number of rotatable bonds is 4. The van der Waals surface area contributed by atoms with E-state index < -0.39 is 0 Å². The van der Waals surface area contributed by atoms with Crippen LogP contribution in [0.1, 0.15) is 11.8 Å². The van der Waals surface area contributed by atoms with Gasteiger partial charge in [0, 0.05) is 40.7 Å². The van der Waals surface area contributed by atoms with Crippen LogP contribution in [-0.2, 0) is 4.74 Å². The van der Waals surface area contributed by atoms with Crippen molar-refractivity contribution in [1.29, 1.82) is 0 Å². The first-order chi connectivity index (χ1) is 12.3. The number of hydrogen-bond acceptors (Lipinski definition) is 3. The predicted octanol–water partition coefficient (Wildman–Crippen LogP) is 4.78. The van der Waals surface area contributed by atoms with E-state index >= 15 is 0 Å². The molecule has 1 fully saturated rings. The van der Waals surface area contributed by atoms with Crippen molar-refractivity contribution in [3.8, 4) is 11.4 Å². The summed E-state index contributed by atoms with van der Waals surface area (Å²) in [4.78, 5) is 2.27. The average molecular weight is 399 g/mol. The van der Waals surface area contributed by atoms with Crippen molar-refractivity contribution in [2.75, 3.05) is 25.2 Å². The Labute approximate surface area is 155 Å². The molecule has 0 aliphatic carbocycles. The van der Waals surface area contributed by atoms with E-state index in [1.807, 2.05) is 36.4 Å². The topological polar surface area (TPSA) is 26.6 Å². The third-order valence-corrected chi connectivity index (χ3v) is 5.08. The van der Waals surface area contributed by atoms with Gasteiger partial charge in [0.15, 0.2) is 6.23 Å². The molecule has 0 N–H and O–H groups in total. The molecule has 25 heavy (non-hydrogen) atoms. The summed E-state index contributed by atoms with van der Waals surface area (Å²) in [6.45, 7) is 1.57. The largest absolute Gasteiger partial charge is 0.497 e. The van der Waals surface area contributed by atoms with Gasteiger partial charge in [0.05, 0.1) is 19.4 Å². The van der Waals surface area contributed by atoms with Crippen molar-refractivity contribution in [3.63, 3.8) is 0 Å². The number of benzene rings is 2. The number of halogens is 1. The molecule has 1 atom stereocenters. The number of methoxy groups -OCH3 is 1. The molecule has 0 saturated carbocycles. The molecular weight excluding hydrogens is 380 g/mol. The normalized spacial score (nSPS) is 17.0. The number of para-hydroxylation sites is 1. The first-order valence-corrected chi connectivity index (χ1v) is 9.00. The van der Waals surface area contributed by atoms with Crippen LogP contribution < -0.4 is 9.64 Å². The van der Waals surface area contributed by atoms with Crippen molar-refractivity contribution < 1.29 is 9.47 Å². The molecule has 1 aromatic heterocycles. The van der Waals surface area contributed by atoms with Gasteiger partial charge in [-0.2, -0.15) is 0 Å². The van der Waals surface area contributed by atoms with E-state index in [0.717, 1.165) is 33.7 Å². The zero-order valence-corrected chi connectivity index (χ0v) is 15.5. The fraction of sp³-hybridized carbons (Fsp3) is 0.200. The van der Waals surface area contributed by atoms with Gasteiger partial charge in [0.2, 0.25) is 0 Å². The van der Waals surface area contributed by atoms with Gasteiger partial charge in [0.25, 0.3) is 0 Å². The summed E-state index contributed by atoms with van der Waals surface area (Å²) >= 11 is 3.61. The molecule has 3 aromatic rings. The van der Waals surface area contributed by atoms with Crippen LogP contribution >= 0.6 is 15.9 Å². The van der Waals surface area contributed by atoms with E-state index in [9.17, 15) is 0 Å². The lowest BCUT2D eigenvalue weighted by molar-refractivity contribution is 0.114. The second-order valence-corrected chi connectivity index (χ2v) is 6.78. The Bertz CT molecular complexity index is 877. The van der Waals surface area contributed by atoms with Crippen molar-refractivity contribution >= 4 is 21.6 Å². The van der Waals surface area contributed by atoms with Gasteiger partial charge in [-0.1, -0.05) is 18.2 Å². The third kappa shape index (κ3) is 3.17. The first kappa shape index (κ1) is 16.2. The highest BCUT2D eigenvalue weighted by Crippen LogP contribution is 2.34. The SMILES string of the molecule is COc1cccc(N2CCO[C@@H]2c2ccn(-c3ccccc3Br)c2)c1. The van der Waals surface area contributed by atoms with E-state index in [2.05, 4.69) is 56.0 Å². The van der Waals surface area contributed by atoms with Crippen molar-refractivity contribution in [3.05, 3.63) is 77.0 Å². The highest BCUT2D eigenvalue weighted by Gasteiger charge is 2.28. The molecule has 0 spiro atoms. The van der Waals surface area contributed by atoms with E-state index in [-0.39, 0.29) is 6.23 Å².